The highest BCUT2D eigenvalue weighted by atomic mass is 35.5. The third-order valence-corrected chi connectivity index (χ3v) is 4.70. The maximum absolute atomic E-state index is 12.0. The second kappa shape index (κ2) is 8.35. The molecule has 130 valence electrons. The van der Waals surface area contributed by atoms with Crippen molar-refractivity contribution >= 4 is 41.0 Å². The van der Waals surface area contributed by atoms with E-state index in [1.54, 1.807) is 23.1 Å². The molecule has 1 aliphatic heterocycles. The van der Waals surface area contributed by atoms with Crippen LogP contribution in [-0.2, 0) is 25.5 Å². The number of carbonyl (C=O) groups is 3. The smallest absolute Gasteiger partial charge is 0.310 e. The van der Waals surface area contributed by atoms with E-state index >= 15 is 0 Å². The molecule has 1 saturated heterocycles. The molecular weight excluding hydrogens is 355 g/mol. The fourth-order valence-corrected chi connectivity index (χ4v) is 3.07. The lowest BCUT2D eigenvalue weighted by atomic mass is 9.96. The first-order chi connectivity index (χ1) is 11.4. The average molecular weight is 373 g/mol. The van der Waals surface area contributed by atoms with Crippen LogP contribution in [0.3, 0.4) is 0 Å². The van der Waals surface area contributed by atoms with E-state index in [0.29, 0.717) is 41.5 Å². The van der Waals surface area contributed by atoms with Gasteiger partial charge in [-0.15, -0.1) is 0 Å². The second-order valence-corrected chi connectivity index (χ2v) is 6.41. The molecule has 0 unspecified atom stereocenters. The van der Waals surface area contributed by atoms with Crippen LogP contribution in [0.5, 0.6) is 0 Å². The Morgan fingerprint density at radius 3 is 2.29 bits per heavy atom. The zero-order valence-electron chi connectivity index (χ0n) is 13.0. The maximum Gasteiger partial charge on any atom is 0.310 e. The fourth-order valence-electron chi connectivity index (χ4n) is 2.54. The number of hydrogen-bond donors (Lipinski definition) is 1. The number of primary amides is 1. The van der Waals surface area contributed by atoms with Crippen LogP contribution in [0, 0.1) is 5.92 Å². The van der Waals surface area contributed by atoms with Gasteiger partial charge in [0.2, 0.25) is 5.91 Å². The lowest BCUT2D eigenvalue weighted by Gasteiger charge is -2.30. The molecule has 0 aliphatic carbocycles. The first-order valence-electron chi connectivity index (χ1n) is 7.54. The third kappa shape index (κ3) is 4.85. The molecule has 0 bridgehead atoms. The maximum atomic E-state index is 12.0. The molecule has 0 saturated carbocycles. The highest BCUT2D eigenvalue weighted by Crippen LogP contribution is 2.25. The van der Waals surface area contributed by atoms with E-state index in [1.165, 1.54) is 0 Å². The molecule has 1 aromatic carbocycles. The van der Waals surface area contributed by atoms with Gasteiger partial charge in [0.1, 0.15) is 0 Å². The Kier molecular flexibility index (Phi) is 6.45. The Morgan fingerprint density at radius 1 is 1.17 bits per heavy atom. The number of nitrogens with zero attached hydrogens (tertiary/aromatic N) is 1. The number of nitrogens with two attached hydrogens (primary N) is 1. The zero-order chi connectivity index (χ0) is 17.7. The molecular formula is C16H18Cl2N2O4. The summed E-state index contributed by atoms with van der Waals surface area (Å²) in [5, 5.41) is 0.749. The molecule has 1 aromatic rings. The van der Waals surface area contributed by atoms with E-state index in [1.807, 2.05) is 0 Å². The molecule has 0 spiro atoms. The molecule has 2 amide bonds. The minimum Gasteiger partial charge on any atom is -0.455 e. The van der Waals surface area contributed by atoms with Crippen molar-refractivity contribution in [2.75, 3.05) is 19.7 Å². The van der Waals surface area contributed by atoms with Crippen LogP contribution in [0.1, 0.15) is 18.4 Å². The van der Waals surface area contributed by atoms with Crippen molar-refractivity contribution in [1.29, 1.82) is 0 Å². The summed E-state index contributed by atoms with van der Waals surface area (Å²) in [6.45, 7) is 0.517. The molecule has 1 heterocycles. The lowest BCUT2D eigenvalue weighted by molar-refractivity contribution is -0.152. The number of hydrogen-bond acceptors (Lipinski definition) is 4. The van der Waals surface area contributed by atoms with Crippen molar-refractivity contribution in [1.82, 2.24) is 4.90 Å². The first kappa shape index (κ1) is 18.5. The van der Waals surface area contributed by atoms with Crippen LogP contribution in [0.25, 0.3) is 0 Å². The van der Waals surface area contributed by atoms with Gasteiger partial charge >= 0.3 is 5.97 Å². The van der Waals surface area contributed by atoms with Gasteiger partial charge in [-0.25, -0.2) is 0 Å². The zero-order valence-corrected chi connectivity index (χ0v) is 14.5. The van der Waals surface area contributed by atoms with Crippen molar-refractivity contribution in [3.05, 3.63) is 33.8 Å². The van der Waals surface area contributed by atoms with Crippen molar-refractivity contribution in [2.24, 2.45) is 11.7 Å². The van der Waals surface area contributed by atoms with E-state index in [-0.39, 0.29) is 30.8 Å². The van der Waals surface area contributed by atoms with Crippen LogP contribution in [-0.4, -0.2) is 42.4 Å². The molecule has 0 atom stereocenters. The van der Waals surface area contributed by atoms with Gasteiger partial charge in [-0.3, -0.25) is 14.4 Å². The van der Waals surface area contributed by atoms with E-state index < -0.39 is 5.97 Å². The number of rotatable bonds is 5. The van der Waals surface area contributed by atoms with Crippen LogP contribution in [0.4, 0.5) is 0 Å². The van der Waals surface area contributed by atoms with Crippen LogP contribution < -0.4 is 5.73 Å². The number of esters is 1. The number of benzene rings is 1. The standard InChI is InChI=1S/C16H18Cl2N2O4/c17-12-2-1-3-13(18)11(12)8-15(22)24-9-14(21)20-6-4-10(5-7-20)16(19)23/h1-3,10H,4-9H2,(H2,19,23). The van der Waals surface area contributed by atoms with Crippen molar-refractivity contribution < 1.29 is 19.1 Å². The van der Waals surface area contributed by atoms with Gasteiger partial charge in [0.25, 0.3) is 5.91 Å². The van der Waals surface area contributed by atoms with Crippen LogP contribution in [0.2, 0.25) is 10.0 Å². The Hall–Kier alpha value is -1.79. The molecule has 1 fully saturated rings. The lowest BCUT2D eigenvalue weighted by Crippen LogP contribution is -2.43. The monoisotopic (exact) mass is 372 g/mol. The number of likely N-dealkylation sites (tertiary alicyclic amines) is 1. The molecule has 2 N–H and O–H groups in total. The summed E-state index contributed by atoms with van der Waals surface area (Å²) in [4.78, 5) is 36.6. The van der Waals surface area contributed by atoms with Gasteiger partial charge in [0, 0.05) is 34.6 Å². The summed E-state index contributed by atoms with van der Waals surface area (Å²) in [6.07, 6.45) is 0.962. The SMILES string of the molecule is NC(=O)C1CCN(C(=O)COC(=O)Cc2c(Cl)cccc2Cl)CC1. The topological polar surface area (TPSA) is 89.7 Å². The predicted octanol–water partition coefficient (Wildman–Crippen LogP) is 1.80. The normalized spacial score (nSPS) is 15.2. The number of ether oxygens (including phenoxy) is 1. The molecule has 8 heteroatoms. The molecule has 24 heavy (non-hydrogen) atoms. The number of halogens is 2. The molecule has 0 aromatic heterocycles. The van der Waals surface area contributed by atoms with E-state index in [2.05, 4.69) is 0 Å². The number of carbonyl (C=O) groups excluding carboxylic acids is 3. The Labute approximate surface area is 149 Å². The summed E-state index contributed by atoms with van der Waals surface area (Å²) < 4.78 is 5.01. The second-order valence-electron chi connectivity index (χ2n) is 5.60. The minimum atomic E-state index is -0.578. The minimum absolute atomic E-state index is 0.102. The summed E-state index contributed by atoms with van der Waals surface area (Å²) in [5.74, 6) is -1.41. The van der Waals surface area contributed by atoms with Crippen LogP contribution in [0.15, 0.2) is 18.2 Å². The van der Waals surface area contributed by atoms with Gasteiger partial charge in [0.05, 0.1) is 6.42 Å². The summed E-state index contributed by atoms with van der Waals surface area (Å²) >= 11 is 12.0. The Morgan fingerprint density at radius 2 is 1.75 bits per heavy atom. The van der Waals surface area contributed by atoms with E-state index in [9.17, 15) is 14.4 Å². The number of amides is 2. The quantitative estimate of drug-likeness (QED) is 0.797. The van der Waals surface area contributed by atoms with Crippen molar-refractivity contribution in [3.8, 4) is 0 Å². The van der Waals surface area contributed by atoms with E-state index in [0.717, 1.165) is 0 Å². The Balaban J connectivity index is 1.80. The first-order valence-corrected chi connectivity index (χ1v) is 8.29. The molecule has 6 nitrogen and oxygen atoms in total. The van der Waals surface area contributed by atoms with Gasteiger partial charge in [-0.2, -0.15) is 0 Å². The van der Waals surface area contributed by atoms with Crippen LogP contribution >= 0.6 is 23.2 Å². The van der Waals surface area contributed by atoms with Gasteiger partial charge < -0.3 is 15.4 Å². The average Bonchev–Trinajstić information content (AvgIpc) is 2.56. The highest BCUT2D eigenvalue weighted by Gasteiger charge is 2.26. The predicted molar refractivity (Wildman–Crippen MR) is 89.6 cm³/mol. The molecule has 0 radical (unpaired) electrons. The van der Waals surface area contributed by atoms with Gasteiger partial charge in [-0.1, -0.05) is 29.3 Å². The van der Waals surface area contributed by atoms with Crippen molar-refractivity contribution in [3.63, 3.8) is 0 Å². The molecule has 1 aliphatic rings. The Bertz CT molecular complexity index is 623. The highest BCUT2D eigenvalue weighted by molar-refractivity contribution is 6.36. The van der Waals surface area contributed by atoms with Crippen molar-refractivity contribution in [2.45, 2.75) is 19.3 Å². The van der Waals surface area contributed by atoms with Gasteiger partial charge in [-0.05, 0) is 25.0 Å². The fraction of sp³-hybridized carbons (Fsp3) is 0.438. The summed E-state index contributed by atoms with van der Waals surface area (Å²) in [5.41, 5.74) is 5.72. The third-order valence-electron chi connectivity index (χ3n) is 3.99. The summed E-state index contributed by atoms with van der Waals surface area (Å²) in [7, 11) is 0. The molecule has 2 rings (SSSR count). The van der Waals surface area contributed by atoms with E-state index in [4.69, 9.17) is 33.7 Å². The number of piperidine rings is 1. The van der Waals surface area contributed by atoms with Gasteiger partial charge in [0.15, 0.2) is 6.61 Å². The largest absolute Gasteiger partial charge is 0.455 e. The summed E-state index contributed by atoms with van der Waals surface area (Å²) in [6, 6.07) is 4.94.